The van der Waals surface area contributed by atoms with E-state index < -0.39 is 28.6 Å². The Balaban J connectivity index is 2.59. The third kappa shape index (κ3) is 2.23. The largest absolute Gasteiger partial charge is 0.511 e. The molecule has 0 fully saturated rings. The number of carbonyl (C=O) groups is 2. The topological polar surface area (TPSA) is 91.0 Å². The van der Waals surface area contributed by atoms with Crippen molar-refractivity contribution in [1.82, 2.24) is 5.32 Å². The Morgan fingerprint density at radius 3 is 2.68 bits per heavy atom. The van der Waals surface area contributed by atoms with Crippen LogP contribution >= 0.6 is 0 Å². The van der Waals surface area contributed by atoms with E-state index in [0.29, 0.717) is 5.56 Å². The number of benzene rings is 1. The molecule has 0 aliphatic heterocycles. The lowest BCUT2D eigenvalue weighted by atomic mass is 9.76. The molecule has 0 aromatic heterocycles. The summed E-state index contributed by atoms with van der Waals surface area (Å²) in [6.45, 7) is 11.7. The van der Waals surface area contributed by atoms with Gasteiger partial charge in [0.25, 0.3) is 11.7 Å². The molecule has 0 saturated carbocycles. The molecule has 1 atom stereocenters. The molecule has 1 aliphatic carbocycles. The number of carbonyl (C=O) groups excluding carboxylic acids is 2. The third-order valence-electron chi connectivity index (χ3n) is 3.52. The van der Waals surface area contributed by atoms with Crippen molar-refractivity contribution >= 4 is 17.4 Å². The molecule has 1 amide bonds. The number of aliphatic hydroxyl groups excluding tert-OH is 2. The summed E-state index contributed by atoms with van der Waals surface area (Å²) in [5.41, 5.74) is -1.44. The lowest BCUT2D eigenvalue weighted by Gasteiger charge is -2.25. The number of Topliss-reactive ketones (excluding diaryl/α,β-unsaturated/α-hetero) is 1. The Morgan fingerprint density at radius 1 is 1.45 bits per heavy atom. The van der Waals surface area contributed by atoms with E-state index in [1.807, 2.05) is 0 Å². The standard InChI is InChI=1S/C16H14N2O4/c1-9(19)8-18-15(22)12-13(20)10-6-4-5-7-11(10)16(2,17-3)14(12)21/h4-7,19-20H,1,8H2,2H3,(H,18,22)/t16-/m1/s1. The van der Waals surface area contributed by atoms with Crippen LogP contribution in [0.3, 0.4) is 0 Å². The van der Waals surface area contributed by atoms with Crippen molar-refractivity contribution in [3.63, 3.8) is 0 Å². The molecule has 22 heavy (non-hydrogen) atoms. The maximum Gasteiger partial charge on any atom is 0.317 e. The first-order valence-corrected chi connectivity index (χ1v) is 6.44. The number of hydrogen-bond acceptors (Lipinski definition) is 4. The summed E-state index contributed by atoms with van der Waals surface area (Å²) in [5, 5.41) is 21.6. The van der Waals surface area contributed by atoms with E-state index in [1.165, 1.54) is 6.92 Å². The number of fused-ring (bicyclic) bond motifs is 1. The summed E-state index contributed by atoms with van der Waals surface area (Å²) < 4.78 is 0. The molecule has 0 radical (unpaired) electrons. The highest BCUT2D eigenvalue weighted by Gasteiger charge is 2.52. The van der Waals surface area contributed by atoms with E-state index >= 15 is 0 Å². The summed E-state index contributed by atoms with van der Waals surface area (Å²) in [5.74, 6) is -2.39. The molecular formula is C16H14N2O4. The van der Waals surface area contributed by atoms with Crippen LogP contribution in [0, 0.1) is 6.57 Å². The third-order valence-corrected chi connectivity index (χ3v) is 3.52. The molecule has 0 heterocycles. The second-order valence-corrected chi connectivity index (χ2v) is 5.03. The highest BCUT2D eigenvalue weighted by Crippen LogP contribution is 2.40. The molecule has 2 rings (SSSR count). The van der Waals surface area contributed by atoms with Gasteiger partial charge in [-0.3, -0.25) is 14.4 Å². The fourth-order valence-corrected chi connectivity index (χ4v) is 2.31. The van der Waals surface area contributed by atoms with Gasteiger partial charge in [0.2, 0.25) is 0 Å². The molecule has 0 bridgehead atoms. The molecule has 0 spiro atoms. The first-order chi connectivity index (χ1) is 10.3. The Bertz CT molecular complexity index is 758. The number of rotatable bonds is 3. The lowest BCUT2D eigenvalue weighted by molar-refractivity contribution is -0.124. The van der Waals surface area contributed by atoms with E-state index in [0.717, 1.165) is 0 Å². The van der Waals surface area contributed by atoms with Crippen molar-refractivity contribution in [2.45, 2.75) is 12.5 Å². The average molecular weight is 298 g/mol. The minimum Gasteiger partial charge on any atom is -0.511 e. The van der Waals surface area contributed by atoms with Gasteiger partial charge in [-0.1, -0.05) is 24.8 Å². The number of amides is 1. The molecule has 3 N–H and O–H groups in total. The normalized spacial score (nSPS) is 20.1. The van der Waals surface area contributed by atoms with E-state index in [1.54, 1.807) is 24.3 Å². The maximum absolute atomic E-state index is 12.6. The van der Waals surface area contributed by atoms with Crippen LogP contribution in [0.15, 0.2) is 42.2 Å². The summed E-state index contributed by atoms with van der Waals surface area (Å²) in [6, 6.07) is 6.41. The lowest BCUT2D eigenvalue weighted by Crippen LogP contribution is -2.41. The number of ketones is 1. The van der Waals surface area contributed by atoms with Gasteiger partial charge in [0.1, 0.15) is 17.1 Å². The van der Waals surface area contributed by atoms with Crippen LogP contribution < -0.4 is 5.32 Å². The predicted octanol–water partition coefficient (Wildman–Crippen LogP) is 1.86. The predicted molar refractivity (Wildman–Crippen MR) is 79.7 cm³/mol. The minimum atomic E-state index is -1.58. The Hall–Kier alpha value is -3.07. The van der Waals surface area contributed by atoms with E-state index in [9.17, 15) is 14.7 Å². The first-order valence-electron chi connectivity index (χ1n) is 6.44. The monoisotopic (exact) mass is 298 g/mol. The van der Waals surface area contributed by atoms with Crippen LogP contribution in [0.4, 0.5) is 0 Å². The summed E-state index contributed by atoms with van der Waals surface area (Å²) in [4.78, 5) is 28.1. The molecule has 1 aromatic rings. The fraction of sp³-hybridized carbons (Fsp3) is 0.188. The zero-order chi connectivity index (χ0) is 16.5. The van der Waals surface area contributed by atoms with Crippen molar-refractivity contribution < 1.29 is 19.8 Å². The van der Waals surface area contributed by atoms with Gasteiger partial charge >= 0.3 is 5.54 Å². The SMILES string of the molecule is [C-]#[N+][C@@]1(C)C(=O)C(C(=O)NCC(=C)O)=C(O)c2ccccc21. The molecule has 1 aliphatic rings. The quantitative estimate of drug-likeness (QED) is 0.451. The van der Waals surface area contributed by atoms with Gasteiger partial charge in [-0.25, -0.2) is 6.57 Å². The van der Waals surface area contributed by atoms with Crippen LogP contribution in [0.2, 0.25) is 0 Å². The van der Waals surface area contributed by atoms with E-state index in [-0.39, 0.29) is 17.9 Å². The molecule has 0 unspecified atom stereocenters. The van der Waals surface area contributed by atoms with Gasteiger partial charge in [-0.2, -0.15) is 0 Å². The number of nitrogens with one attached hydrogen (secondary N) is 1. The minimum absolute atomic E-state index is 0.251. The van der Waals surface area contributed by atoms with Gasteiger partial charge in [-0.15, -0.1) is 0 Å². The van der Waals surface area contributed by atoms with Crippen molar-refractivity contribution in [2.24, 2.45) is 0 Å². The van der Waals surface area contributed by atoms with E-state index in [2.05, 4.69) is 16.7 Å². The van der Waals surface area contributed by atoms with Gasteiger partial charge < -0.3 is 15.5 Å². The van der Waals surface area contributed by atoms with Crippen molar-refractivity contribution in [2.75, 3.05) is 6.54 Å². The Labute approximate surface area is 127 Å². The second kappa shape index (κ2) is 5.37. The van der Waals surface area contributed by atoms with Crippen molar-refractivity contribution in [3.8, 4) is 0 Å². The second-order valence-electron chi connectivity index (χ2n) is 5.03. The highest BCUT2D eigenvalue weighted by molar-refractivity contribution is 6.28. The van der Waals surface area contributed by atoms with Crippen molar-refractivity contribution in [3.05, 3.63) is 64.7 Å². The molecule has 1 aromatic carbocycles. The van der Waals surface area contributed by atoms with Crippen LogP contribution in [0.5, 0.6) is 0 Å². The zero-order valence-electron chi connectivity index (χ0n) is 11.9. The van der Waals surface area contributed by atoms with Gasteiger partial charge in [-0.05, 0) is 6.07 Å². The summed E-state index contributed by atoms with van der Waals surface area (Å²) >= 11 is 0. The molecular weight excluding hydrogens is 284 g/mol. The maximum atomic E-state index is 12.6. The van der Waals surface area contributed by atoms with Gasteiger partial charge in [0.15, 0.2) is 0 Å². The number of nitrogens with zero attached hydrogens (tertiary/aromatic N) is 1. The molecule has 112 valence electrons. The summed E-state index contributed by atoms with van der Waals surface area (Å²) in [7, 11) is 0. The van der Waals surface area contributed by atoms with Crippen LogP contribution in [0.25, 0.3) is 10.6 Å². The smallest absolute Gasteiger partial charge is 0.317 e. The van der Waals surface area contributed by atoms with Crippen LogP contribution in [0.1, 0.15) is 18.1 Å². The van der Waals surface area contributed by atoms with Gasteiger partial charge in [0.05, 0.1) is 12.1 Å². The molecule has 6 nitrogen and oxygen atoms in total. The Morgan fingerprint density at radius 2 is 2.09 bits per heavy atom. The number of hydrogen-bond donors (Lipinski definition) is 3. The van der Waals surface area contributed by atoms with Gasteiger partial charge in [0, 0.05) is 12.5 Å². The van der Waals surface area contributed by atoms with Crippen LogP contribution in [-0.2, 0) is 15.1 Å². The van der Waals surface area contributed by atoms with Crippen molar-refractivity contribution in [1.29, 1.82) is 0 Å². The first kappa shape index (κ1) is 15.3. The molecule has 0 saturated heterocycles. The molecule has 6 heteroatoms. The highest BCUT2D eigenvalue weighted by atomic mass is 16.3. The average Bonchev–Trinajstić information content (AvgIpc) is 2.51. The van der Waals surface area contributed by atoms with E-state index in [4.69, 9.17) is 11.7 Å². The number of aliphatic hydroxyl groups is 2. The van der Waals surface area contributed by atoms with Crippen LogP contribution in [-0.4, -0.2) is 28.4 Å². The zero-order valence-corrected chi connectivity index (χ0v) is 11.9. The fourth-order valence-electron chi connectivity index (χ4n) is 2.31. The Kier molecular flexibility index (Phi) is 3.74. The summed E-state index contributed by atoms with van der Waals surface area (Å²) in [6.07, 6.45) is 0.